The van der Waals surface area contributed by atoms with E-state index in [1.807, 2.05) is 0 Å². The van der Waals surface area contributed by atoms with Crippen molar-refractivity contribution >= 4 is 54.3 Å². The Bertz CT molecular complexity index is 4260. The van der Waals surface area contributed by atoms with Crippen LogP contribution < -0.4 is 0 Å². The van der Waals surface area contributed by atoms with Gasteiger partial charge in [0, 0.05) is 16.3 Å². The summed E-state index contributed by atoms with van der Waals surface area (Å²) in [6.45, 7) is 0. The highest BCUT2D eigenvalue weighted by Crippen LogP contribution is 2.45. The summed E-state index contributed by atoms with van der Waals surface area (Å²) < 4.78 is 237. The lowest BCUT2D eigenvalue weighted by Crippen LogP contribution is -1.91. The molecular formula is C48H30O. The van der Waals surface area contributed by atoms with Crippen LogP contribution in [0.3, 0.4) is 0 Å². The summed E-state index contributed by atoms with van der Waals surface area (Å²) in [6.07, 6.45) is 0. The second-order valence-corrected chi connectivity index (χ2v) is 10.8. The summed E-state index contributed by atoms with van der Waals surface area (Å²) in [7, 11) is 0. The molecule has 1 heterocycles. The van der Waals surface area contributed by atoms with Crippen LogP contribution in [0.1, 0.15) is 35.6 Å². The molecule has 0 saturated carbocycles. The molecule has 0 radical (unpaired) electrons. The maximum Gasteiger partial charge on any atom is 0.143 e. The fourth-order valence-electron chi connectivity index (χ4n) is 6.09. The molecule has 49 heavy (non-hydrogen) atoms. The number of furan rings is 1. The molecule has 0 spiro atoms. The van der Waals surface area contributed by atoms with Gasteiger partial charge in [-0.25, -0.2) is 0 Å². The number of rotatable bonds is 4. The molecule has 228 valence electrons. The topological polar surface area (TPSA) is 13.1 Å². The first-order valence-electron chi connectivity index (χ1n) is 27.7. The number of fused-ring (bicyclic) bond motifs is 6. The maximum absolute atomic E-state index is 9.83. The first kappa shape index (κ1) is 12.2. The van der Waals surface area contributed by atoms with Crippen molar-refractivity contribution in [2.45, 2.75) is 0 Å². The van der Waals surface area contributed by atoms with Gasteiger partial charge in [0.25, 0.3) is 0 Å². The molecule has 0 atom stereocenters. The summed E-state index contributed by atoms with van der Waals surface area (Å²) in [5, 5.41) is -3.52. The van der Waals surface area contributed by atoms with E-state index in [9.17, 15) is 8.22 Å². The minimum atomic E-state index is -1.01. The summed E-state index contributed by atoms with van der Waals surface area (Å²) in [5.74, 6) is 0. The van der Waals surface area contributed by atoms with Crippen molar-refractivity contribution in [2.24, 2.45) is 0 Å². The molecule has 1 aromatic heterocycles. The van der Waals surface area contributed by atoms with E-state index in [-0.39, 0.29) is 44.2 Å². The largest absolute Gasteiger partial charge is 0.455 e. The van der Waals surface area contributed by atoms with Crippen molar-refractivity contribution in [3.8, 4) is 44.5 Å². The van der Waals surface area contributed by atoms with Crippen molar-refractivity contribution in [3.05, 3.63) is 181 Å². The molecule has 9 aromatic carbocycles. The normalized spacial score (nSPS) is 19.1. The van der Waals surface area contributed by atoms with Crippen LogP contribution in [0.5, 0.6) is 0 Å². The molecule has 10 aromatic rings. The van der Waals surface area contributed by atoms with Gasteiger partial charge in [0.05, 0.1) is 35.6 Å². The lowest BCUT2D eigenvalue weighted by molar-refractivity contribution is 0.670. The van der Waals surface area contributed by atoms with Crippen molar-refractivity contribution in [2.75, 3.05) is 0 Å². The average molecular weight is 649 g/mol. The third kappa shape index (κ3) is 4.40. The van der Waals surface area contributed by atoms with E-state index in [0.29, 0.717) is 0 Å². The van der Waals surface area contributed by atoms with Crippen LogP contribution in [0, 0.1) is 0 Å². The molecule has 0 saturated heterocycles. The van der Waals surface area contributed by atoms with E-state index < -0.39 is 212 Å². The molecule has 0 aliphatic carbocycles. The van der Waals surface area contributed by atoms with Gasteiger partial charge < -0.3 is 4.42 Å². The summed E-state index contributed by atoms with van der Waals surface area (Å²) in [5.41, 5.74) is -3.69. The second-order valence-electron chi connectivity index (χ2n) is 10.8. The zero-order valence-electron chi connectivity index (χ0n) is 50.7. The predicted molar refractivity (Wildman–Crippen MR) is 208 cm³/mol. The highest BCUT2D eigenvalue weighted by atomic mass is 16.3. The van der Waals surface area contributed by atoms with Crippen LogP contribution in [0.4, 0.5) is 0 Å². The minimum Gasteiger partial charge on any atom is -0.455 e. The van der Waals surface area contributed by atoms with Gasteiger partial charge in [-0.2, -0.15) is 0 Å². The van der Waals surface area contributed by atoms with Crippen LogP contribution in [0.2, 0.25) is 0 Å². The first-order chi connectivity index (χ1) is 35.1. The molecule has 0 N–H and O–H groups in total. The third-order valence-corrected chi connectivity index (χ3v) is 8.21. The van der Waals surface area contributed by atoms with Crippen molar-refractivity contribution in [1.82, 2.24) is 0 Å². The molecule has 1 nitrogen and oxygen atoms in total. The summed E-state index contributed by atoms with van der Waals surface area (Å²) in [6, 6.07) is -15.3. The number of benzene rings is 9. The molecule has 0 fully saturated rings. The Morgan fingerprint density at radius 2 is 0.837 bits per heavy atom. The molecule has 0 unspecified atom stereocenters. The van der Waals surface area contributed by atoms with E-state index >= 15 is 0 Å². The zero-order chi connectivity index (χ0) is 54.9. The van der Waals surface area contributed by atoms with E-state index in [2.05, 4.69) is 0 Å². The van der Waals surface area contributed by atoms with Crippen LogP contribution >= 0.6 is 0 Å². The van der Waals surface area contributed by atoms with Crippen molar-refractivity contribution in [3.63, 3.8) is 0 Å². The molecular weight excluding hydrogens is 593 g/mol. The first-order valence-corrected chi connectivity index (χ1v) is 14.7. The highest BCUT2D eigenvalue weighted by molar-refractivity contribution is 6.21. The van der Waals surface area contributed by atoms with Crippen LogP contribution in [-0.2, 0) is 0 Å². The van der Waals surface area contributed by atoms with Gasteiger partial charge in [-0.05, 0) is 83.3 Å². The summed E-state index contributed by atoms with van der Waals surface area (Å²) >= 11 is 0. The molecule has 0 aliphatic heterocycles. The predicted octanol–water partition coefficient (Wildman–Crippen LogP) is 13.7. The van der Waals surface area contributed by atoms with Crippen LogP contribution in [-0.4, -0.2) is 0 Å². The van der Waals surface area contributed by atoms with Gasteiger partial charge in [-0.3, -0.25) is 0 Å². The Morgan fingerprint density at radius 3 is 1.57 bits per heavy atom. The van der Waals surface area contributed by atoms with Gasteiger partial charge in [0.15, 0.2) is 0 Å². The Balaban J connectivity index is 1.37. The average Bonchev–Trinajstić information content (AvgIpc) is 3.79. The number of hydrogen-bond acceptors (Lipinski definition) is 1. The maximum atomic E-state index is 9.83. The molecule has 1 heteroatoms. The Labute approximate surface area is 320 Å². The van der Waals surface area contributed by atoms with Gasteiger partial charge in [-0.1, -0.05) is 169 Å². The molecule has 0 bridgehead atoms. The standard InChI is InChI=1S/C48H30O/c1-2-16-36-31(12-1)13-10-22-37(36)34-14-9-15-35(30-34)47-42-20-5-3-18-40(42)46(41-19-4-6-21-43(41)47)33-28-26-32(27-29-33)38-23-11-24-44-39-17-7-8-25-45(39)49-48(38)44/h1-30H/i1D,2D,3D,4D,5D,6D,7D,8D,9D,10D,11D,12D,13D,14D,15D,16D,17D,18D,19D,20D,21D,22D,23D,24D,25D,30D. The SMILES string of the molecule is [2H]c1c([2H])c(-c2c([2H])c([2H])c([2H])c3c([2H])c([2H])c([2H])c([2H])c23)c([2H])c(-c2c3c([2H])c([2H])c([2H])c([2H])c3c(-c3ccc(-c4c([2H])c([2H])c([2H])c5c4oc4c([2H])c([2H])c([2H])c([2H])c45)cc3)c3c([2H])c([2H])c([2H])c([2H])c23)c1[2H]. The Morgan fingerprint density at radius 1 is 0.347 bits per heavy atom. The van der Waals surface area contributed by atoms with E-state index in [1.165, 1.54) is 24.3 Å². The number of para-hydroxylation sites is 2. The molecule has 10 rings (SSSR count). The lowest BCUT2D eigenvalue weighted by atomic mass is 9.85. The second kappa shape index (κ2) is 11.1. The molecule has 0 amide bonds. The van der Waals surface area contributed by atoms with Crippen molar-refractivity contribution < 1.29 is 40.1 Å². The van der Waals surface area contributed by atoms with Gasteiger partial charge >= 0.3 is 0 Å². The van der Waals surface area contributed by atoms with Gasteiger partial charge in [-0.15, -0.1) is 0 Å². The third-order valence-electron chi connectivity index (χ3n) is 8.21. The summed E-state index contributed by atoms with van der Waals surface area (Å²) in [4.78, 5) is 0. The van der Waals surface area contributed by atoms with Gasteiger partial charge in [0.1, 0.15) is 11.2 Å². The minimum absolute atomic E-state index is 0.00372. The van der Waals surface area contributed by atoms with Gasteiger partial charge in [0.2, 0.25) is 0 Å². The van der Waals surface area contributed by atoms with E-state index in [0.717, 1.165) is 0 Å². The fraction of sp³-hybridized carbons (Fsp3) is 0. The molecule has 0 aliphatic rings. The van der Waals surface area contributed by atoms with Crippen LogP contribution in [0.25, 0.3) is 98.8 Å². The van der Waals surface area contributed by atoms with Crippen molar-refractivity contribution in [1.29, 1.82) is 0 Å². The van der Waals surface area contributed by atoms with E-state index in [4.69, 9.17) is 31.8 Å². The lowest BCUT2D eigenvalue weighted by Gasteiger charge is -2.18. The fourth-order valence-corrected chi connectivity index (χ4v) is 6.09. The Kier molecular flexibility index (Phi) is 2.76. The highest BCUT2D eigenvalue weighted by Gasteiger charge is 2.18. The quantitative estimate of drug-likeness (QED) is 0.173. The number of hydrogen-bond donors (Lipinski definition) is 0. The monoisotopic (exact) mass is 648 g/mol. The van der Waals surface area contributed by atoms with Crippen LogP contribution in [0.15, 0.2) is 186 Å². The zero-order valence-corrected chi connectivity index (χ0v) is 24.7. The smallest absolute Gasteiger partial charge is 0.143 e. The Hall–Kier alpha value is -6.44. The van der Waals surface area contributed by atoms with E-state index in [1.54, 1.807) is 0 Å².